The highest BCUT2D eigenvalue weighted by Gasteiger charge is 2.71. The number of hydrogen-bond donors (Lipinski definition) is 1. The van der Waals surface area contributed by atoms with Crippen LogP contribution in [0.25, 0.3) is 0 Å². The van der Waals surface area contributed by atoms with Crippen LogP contribution in [0.2, 0.25) is 0 Å². The van der Waals surface area contributed by atoms with Gasteiger partial charge in [-0.3, -0.25) is 9.59 Å². The predicted molar refractivity (Wildman–Crippen MR) is 235 cm³/mol. The number of rotatable bonds is 10. The Morgan fingerprint density at radius 2 is 1.49 bits per heavy atom. The van der Waals surface area contributed by atoms with Gasteiger partial charge in [0.05, 0.1) is 23.7 Å². The van der Waals surface area contributed by atoms with Gasteiger partial charge in [0.2, 0.25) is 0 Å². The van der Waals surface area contributed by atoms with Crippen LogP contribution >= 0.6 is 0 Å². The largest absolute Gasteiger partial charge is 0.462 e. The summed E-state index contributed by atoms with van der Waals surface area (Å²) in [5.74, 6) is 2.81. The molecule has 0 bridgehead atoms. The molecule has 0 aromatic carbocycles. The summed E-state index contributed by atoms with van der Waals surface area (Å²) in [5, 5.41) is 4.23. The molecule has 0 aromatic rings. The molecule has 8 rings (SSSR count). The molecule has 0 unspecified atom stereocenters. The summed E-state index contributed by atoms with van der Waals surface area (Å²) in [4.78, 5) is 29.1. The average molecular weight is 835 g/mol. The van der Waals surface area contributed by atoms with Crippen LogP contribution in [-0.4, -0.2) is 80.7 Å². The van der Waals surface area contributed by atoms with Gasteiger partial charge in [0.25, 0.3) is 0 Å². The molecule has 1 spiro atoms. The third-order valence-electron chi connectivity index (χ3n) is 19.1. The van der Waals surface area contributed by atoms with E-state index in [1.807, 2.05) is 27.7 Å². The van der Waals surface area contributed by atoms with E-state index in [-0.39, 0.29) is 44.8 Å². The number of carbonyl (C=O) groups excluding carboxylic acids is 2. The van der Waals surface area contributed by atoms with Crippen molar-refractivity contribution in [2.75, 3.05) is 37.7 Å². The summed E-state index contributed by atoms with van der Waals surface area (Å²) < 4.78 is 35.5. The zero-order chi connectivity index (χ0) is 42.8. The topological polar surface area (TPSA) is 102 Å². The van der Waals surface area contributed by atoms with E-state index in [0.717, 1.165) is 25.9 Å². The van der Waals surface area contributed by atoms with Crippen molar-refractivity contribution in [3.8, 4) is 0 Å². The minimum absolute atomic E-state index is 0.0359. The van der Waals surface area contributed by atoms with Gasteiger partial charge in [0.1, 0.15) is 0 Å². The highest BCUT2D eigenvalue weighted by molar-refractivity contribution is 7.91. The fourth-order valence-electron chi connectivity index (χ4n) is 16.3. The molecule has 1 N–H and O–H groups in total. The predicted octanol–water partition coefficient (Wildman–Crippen LogP) is 9.25. The molecule has 5 saturated carbocycles. The number of hydrogen-bond acceptors (Lipinski definition) is 8. The second kappa shape index (κ2) is 14.5. The molecule has 1 saturated heterocycles. The maximum absolute atomic E-state index is 13.4. The Morgan fingerprint density at radius 3 is 2.08 bits per heavy atom. The number of allylic oxidation sites excluding steroid dienone is 5. The minimum atomic E-state index is -2.87. The Morgan fingerprint density at radius 1 is 0.864 bits per heavy atom. The molecule has 330 valence electrons. The van der Waals surface area contributed by atoms with Crippen molar-refractivity contribution in [3.05, 3.63) is 35.5 Å². The van der Waals surface area contributed by atoms with Gasteiger partial charge in [-0.25, -0.2) is 8.42 Å². The number of carbonyl (C=O) groups is 2. The number of esters is 2. The Labute approximate surface area is 357 Å². The van der Waals surface area contributed by atoms with Crippen LogP contribution in [0.4, 0.5) is 0 Å². The monoisotopic (exact) mass is 835 g/mol. The standard InChI is InChI=1S/C50H78N2O6S/c1-32(2)36-14-19-50(51-22-23-52-24-26-59(55,56)27-25-52)21-20-46(10)38(41(36)50)12-13-40-45(9)17-15-37(44(7,8)39(45)16-18-47(40,46)11)35-28-48(29-35)30-49(31-48,42(53)57-33(3)4)43(54)58-34(5)6/h15,28,33-34,36,38-41,51H,1,12-14,16-27,29-31H2,2-11H3/t36-,38+,39-,40+,41+,45-,46+,47+,50-/m0/s1. The Hall–Kier alpha value is -1.97. The molecule has 8 nitrogen and oxygen atoms in total. The highest BCUT2D eigenvalue weighted by Crippen LogP contribution is 2.77. The summed E-state index contributed by atoms with van der Waals surface area (Å²) in [7, 11) is -2.87. The van der Waals surface area contributed by atoms with E-state index in [1.54, 1.807) is 0 Å². The smallest absolute Gasteiger partial charge is 0.323 e. The van der Waals surface area contributed by atoms with E-state index in [9.17, 15) is 18.0 Å². The van der Waals surface area contributed by atoms with Crippen molar-refractivity contribution in [3.63, 3.8) is 0 Å². The van der Waals surface area contributed by atoms with E-state index < -0.39 is 27.2 Å². The van der Waals surface area contributed by atoms with Crippen molar-refractivity contribution < 1.29 is 27.5 Å². The van der Waals surface area contributed by atoms with Gasteiger partial charge >= 0.3 is 11.9 Å². The second-order valence-corrected chi connectivity index (χ2v) is 25.7. The average Bonchev–Trinajstić information content (AvgIpc) is 3.48. The van der Waals surface area contributed by atoms with Crippen molar-refractivity contribution in [1.82, 2.24) is 10.2 Å². The molecule has 1 aliphatic heterocycles. The van der Waals surface area contributed by atoms with Crippen LogP contribution in [0.15, 0.2) is 35.5 Å². The van der Waals surface area contributed by atoms with Crippen molar-refractivity contribution in [2.24, 2.45) is 62.1 Å². The van der Waals surface area contributed by atoms with Crippen LogP contribution in [0.3, 0.4) is 0 Å². The summed E-state index contributed by atoms with van der Waals surface area (Å²) >= 11 is 0. The maximum atomic E-state index is 13.4. The second-order valence-electron chi connectivity index (χ2n) is 23.4. The van der Waals surface area contributed by atoms with E-state index in [4.69, 9.17) is 9.47 Å². The number of nitrogens with zero attached hydrogens (tertiary/aromatic N) is 1. The first kappa shape index (κ1) is 43.7. The maximum Gasteiger partial charge on any atom is 0.323 e. The number of sulfone groups is 1. The number of fused-ring (bicyclic) bond motifs is 7. The molecule has 9 atom stereocenters. The molecule has 7 aliphatic carbocycles. The molecule has 8 aliphatic rings. The fraction of sp³-hybridized carbons (Fsp3) is 0.840. The third kappa shape index (κ3) is 6.72. The van der Waals surface area contributed by atoms with Gasteiger partial charge in [-0.1, -0.05) is 58.9 Å². The summed E-state index contributed by atoms with van der Waals surface area (Å²) in [6, 6.07) is 0. The highest BCUT2D eigenvalue weighted by atomic mass is 32.2. The Balaban J connectivity index is 1.00. The van der Waals surface area contributed by atoms with Gasteiger partial charge in [0, 0.05) is 31.7 Å². The van der Waals surface area contributed by atoms with Crippen molar-refractivity contribution >= 4 is 21.8 Å². The molecular weight excluding hydrogens is 757 g/mol. The summed E-state index contributed by atoms with van der Waals surface area (Å²) in [6.45, 7) is 30.6. The van der Waals surface area contributed by atoms with E-state index in [0.29, 0.717) is 67.0 Å². The Kier molecular flexibility index (Phi) is 10.8. The zero-order valence-electron chi connectivity index (χ0n) is 38.4. The van der Waals surface area contributed by atoms with Gasteiger partial charge < -0.3 is 19.7 Å². The van der Waals surface area contributed by atoms with Gasteiger partial charge in [0.15, 0.2) is 15.3 Å². The lowest BCUT2D eigenvalue weighted by molar-refractivity contribution is -0.221. The lowest BCUT2D eigenvalue weighted by Crippen LogP contribution is -2.68. The van der Waals surface area contributed by atoms with Crippen LogP contribution in [0, 0.1) is 62.1 Å². The van der Waals surface area contributed by atoms with Crippen LogP contribution < -0.4 is 5.32 Å². The lowest BCUT2D eigenvalue weighted by Gasteiger charge is -2.72. The quantitative estimate of drug-likeness (QED) is 0.132. The van der Waals surface area contributed by atoms with Crippen molar-refractivity contribution in [2.45, 2.75) is 164 Å². The third-order valence-corrected chi connectivity index (χ3v) is 20.7. The normalized spacial score (nSPS) is 41.3. The molecule has 0 amide bonds. The molecule has 0 aromatic heterocycles. The summed E-state index contributed by atoms with van der Waals surface area (Å²) in [6.07, 6.45) is 17.6. The van der Waals surface area contributed by atoms with Crippen LogP contribution in [0.1, 0.15) is 146 Å². The first-order valence-electron chi connectivity index (χ1n) is 23.6. The van der Waals surface area contributed by atoms with Gasteiger partial charge in [-0.05, 0) is 179 Å². The number of nitrogens with one attached hydrogen (secondary N) is 1. The number of ether oxygens (including phenoxy) is 2. The molecular formula is C50H78N2O6S. The van der Waals surface area contributed by atoms with E-state index >= 15 is 0 Å². The van der Waals surface area contributed by atoms with Crippen LogP contribution in [0.5, 0.6) is 0 Å². The molecule has 9 heteroatoms. The SMILES string of the molecule is C=C(C)[C@@H]1CC[C@]2(NCCN3CCS(=O)(=O)CC3)CC[C@]3(C)[C@H](CC[C@@H]4[C@@]5(C)CC=C(C6=CC7(C6)CC(C(=O)OC(C)C)(C(=O)OC(C)C)C7)C(C)(C)[C@@H]5CC[C@]43C)[C@@H]12. The molecule has 0 radical (unpaired) electrons. The first-order chi connectivity index (χ1) is 27.5. The van der Waals surface area contributed by atoms with Gasteiger partial charge in [-0.15, -0.1) is 0 Å². The minimum Gasteiger partial charge on any atom is -0.462 e. The van der Waals surface area contributed by atoms with E-state index in [1.165, 1.54) is 68.1 Å². The fourth-order valence-corrected chi connectivity index (χ4v) is 17.6. The first-order valence-corrected chi connectivity index (χ1v) is 25.5. The molecule has 1 heterocycles. The molecule has 59 heavy (non-hydrogen) atoms. The Bertz CT molecular complexity index is 1870. The van der Waals surface area contributed by atoms with Crippen LogP contribution in [-0.2, 0) is 28.9 Å². The van der Waals surface area contributed by atoms with Crippen molar-refractivity contribution in [1.29, 1.82) is 0 Å². The zero-order valence-corrected chi connectivity index (χ0v) is 39.3. The van der Waals surface area contributed by atoms with E-state index in [2.05, 4.69) is 70.5 Å². The summed E-state index contributed by atoms with van der Waals surface area (Å²) in [5.41, 5.74) is 3.89. The lowest BCUT2D eigenvalue weighted by atomic mass is 9.32. The molecule has 6 fully saturated rings. The van der Waals surface area contributed by atoms with Gasteiger partial charge in [-0.2, -0.15) is 0 Å².